The van der Waals surface area contributed by atoms with Crippen LogP contribution in [0.3, 0.4) is 0 Å². The Morgan fingerprint density at radius 2 is 1.02 bits per heavy atom. The molecule has 0 saturated heterocycles. The summed E-state index contributed by atoms with van der Waals surface area (Å²) in [5.41, 5.74) is 9.29. The molecule has 0 amide bonds. The van der Waals surface area contributed by atoms with Crippen molar-refractivity contribution in [3.8, 4) is 22.8 Å². The Hall–Kier alpha value is -6.26. The van der Waals surface area contributed by atoms with E-state index in [-0.39, 0.29) is 0 Å². The van der Waals surface area contributed by atoms with E-state index in [0.29, 0.717) is 0 Å². The highest BCUT2D eigenvalue weighted by molar-refractivity contribution is 6.28. The van der Waals surface area contributed by atoms with Gasteiger partial charge in [0, 0.05) is 32.8 Å². The summed E-state index contributed by atoms with van der Waals surface area (Å²) in [5, 5.41) is 7.31. The molecular weight excluding hydrogens is 560 g/mol. The van der Waals surface area contributed by atoms with Gasteiger partial charge in [0.1, 0.15) is 5.69 Å². The van der Waals surface area contributed by atoms with Crippen LogP contribution in [-0.2, 0) is 0 Å². The van der Waals surface area contributed by atoms with E-state index in [1.807, 2.05) is 24.3 Å². The van der Waals surface area contributed by atoms with Gasteiger partial charge in [-0.1, -0.05) is 121 Å². The maximum absolute atomic E-state index is 5.40. The molecule has 0 bridgehead atoms. The van der Waals surface area contributed by atoms with Crippen LogP contribution in [0.1, 0.15) is 0 Å². The van der Waals surface area contributed by atoms with Crippen molar-refractivity contribution in [3.63, 3.8) is 0 Å². The van der Waals surface area contributed by atoms with Crippen LogP contribution >= 0.6 is 0 Å². The first-order valence-electron chi connectivity index (χ1n) is 15.6. The largest absolute Gasteiger partial charge is 0.307 e. The van der Waals surface area contributed by atoms with Gasteiger partial charge in [0.05, 0.1) is 33.1 Å². The summed E-state index contributed by atoms with van der Waals surface area (Å²) in [4.78, 5) is 10.7. The Morgan fingerprint density at radius 1 is 0.391 bits per heavy atom. The fourth-order valence-corrected chi connectivity index (χ4v) is 7.32. The van der Waals surface area contributed by atoms with Gasteiger partial charge >= 0.3 is 0 Å². The number of nitrogens with zero attached hydrogens (tertiary/aromatic N) is 4. The Balaban J connectivity index is 1.48. The predicted octanol–water partition coefficient (Wildman–Crippen LogP) is 10.6. The SMILES string of the molecule is c1ccc(-c2nc3ccccc3nc2-n2c3ccccc3c3ccc4c5c6ccccc6ccc5n(-c5ccccc5)c4c32)cc1. The van der Waals surface area contributed by atoms with Gasteiger partial charge in [0.2, 0.25) is 0 Å². The number of para-hydroxylation sites is 4. The number of benzene rings is 7. The fraction of sp³-hybridized carbons (Fsp3) is 0. The molecule has 3 aromatic heterocycles. The molecule has 0 saturated carbocycles. The Labute approximate surface area is 264 Å². The Bertz CT molecular complexity index is 2790. The van der Waals surface area contributed by atoms with E-state index in [9.17, 15) is 0 Å². The molecule has 0 atom stereocenters. The van der Waals surface area contributed by atoms with E-state index >= 15 is 0 Å². The smallest absolute Gasteiger partial charge is 0.165 e. The van der Waals surface area contributed by atoms with Crippen LogP contribution in [0.25, 0.3) is 88.2 Å². The van der Waals surface area contributed by atoms with Crippen LogP contribution in [0.4, 0.5) is 0 Å². The molecule has 0 fully saturated rings. The highest BCUT2D eigenvalue weighted by atomic mass is 15.1. The second-order valence-corrected chi connectivity index (χ2v) is 11.8. The molecular formula is C42H26N4. The van der Waals surface area contributed by atoms with Gasteiger partial charge in [-0.15, -0.1) is 0 Å². The molecule has 0 aliphatic rings. The second-order valence-electron chi connectivity index (χ2n) is 11.8. The van der Waals surface area contributed by atoms with E-state index in [4.69, 9.17) is 9.97 Å². The van der Waals surface area contributed by atoms with Gasteiger partial charge in [-0.05, 0) is 47.2 Å². The zero-order valence-electron chi connectivity index (χ0n) is 24.8. The molecule has 10 aromatic rings. The second kappa shape index (κ2) is 9.62. The summed E-state index contributed by atoms with van der Waals surface area (Å²) in [6.07, 6.45) is 0. The topological polar surface area (TPSA) is 35.6 Å². The highest BCUT2D eigenvalue weighted by Crippen LogP contribution is 2.44. The average molecular weight is 587 g/mol. The van der Waals surface area contributed by atoms with Gasteiger partial charge in [-0.3, -0.25) is 4.57 Å². The predicted molar refractivity (Wildman–Crippen MR) is 191 cm³/mol. The monoisotopic (exact) mass is 586 g/mol. The minimum Gasteiger partial charge on any atom is -0.307 e. The molecule has 4 heteroatoms. The first kappa shape index (κ1) is 25.1. The molecule has 0 spiro atoms. The summed E-state index contributed by atoms with van der Waals surface area (Å²) in [7, 11) is 0. The number of rotatable bonds is 3. The van der Waals surface area contributed by atoms with Crippen molar-refractivity contribution in [1.82, 2.24) is 19.1 Å². The third-order valence-electron chi connectivity index (χ3n) is 9.28. The average Bonchev–Trinajstić information content (AvgIpc) is 3.65. The summed E-state index contributed by atoms with van der Waals surface area (Å²) in [6, 6.07) is 55.8. The molecule has 0 aliphatic heterocycles. The van der Waals surface area contributed by atoms with Crippen LogP contribution in [0, 0.1) is 0 Å². The number of hydrogen-bond donors (Lipinski definition) is 0. The molecule has 0 radical (unpaired) electrons. The van der Waals surface area contributed by atoms with E-state index in [1.165, 1.54) is 37.8 Å². The third kappa shape index (κ3) is 3.49. The van der Waals surface area contributed by atoms with Crippen molar-refractivity contribution in [2.75, 3.05) is 0 Å². The zero-order chi connectivity index (χ0) is 30.2. The highest BCUT2D eigenvalue weighted by Gasteiger charge is 2.24. The molecule has 46 heavy (non-hydrogen) atoms. The van der Waals surface area contributed by atoms with Gasteiger partial charge in [0.15, 0.2) is 5.82 Å². The zero-order valence-corrected chi connectivity index (χ0v) is 24.8. The van der Waals surface area contributed by atoms with Crippen molar-refractivity contribution in [3.05, 3.63) is 158 Å². The minimum atomic E-state index is 0.818. The lowest BCUT2D eigenvalue weighted by Gasteiger charge is -2.15. The molecule has 214 valence electrons. The summed E-state index contributed by atoms with van der Waals surface area (Å²) in [5.74, 6) is 0.818. The van der Waals surface area contributed by atoms with E-state index in [2.05, 4.69) is 143 Å². The van der Waals surface area contributed by atoms with Crippen LogP contribution in [0.15, 0.2) is 158 Å². The Kier molecular flexibility index (Phi) is 5.25. The lowest BCUT2D eigenvalue weighted by atomic mass is 10.0. The van der Waals surface area contributed by atoms with Gasteiger partial charge in [-0.2, -0.15) is 0 Å². The fourth-order valence-electron chi connectivity index (χ4n) is 7.32. The van der Waals surface area contributed by atoms with Crippen LogP contribution in [0.2, 0.25) is 0 Å². The van der Waals surface area contributed by atoms with E-state index in [1.54, 1.807) is 0 Å². The van der Waals surface area contributed by atoms with Crippen molar-refractivity contribution >= 4 is 65.4 Å². The third-order valence-corrected chi connectivity index (χ3v) is 9.28. The van der Waals surface area contributed by atoms with Crippen molar-refractivity contribution < 1.29 is 0 Å². The lowest BCUT2D eigenvalue weighted by Crippen LogP contribution is -2.05. The van der Waals surface area contributed by atoms with Crippen LogP contribution < -0.4 is 0 Å². The molecule has 0 unspecified atom stereocenters. The normalized spacial score (nSPS) is 11.9. The number of aromatic nitrogens is 4. The van der Waals surface area contributed by atoms with Gasteiger partial charge < -0.3 is 4.57 Å². The summed E-state index contributed by atoms with van der Waals surface area (Å²) in [6.45, 7) is 0. The standard InChI is InChI=1S/C42H26N4/c1-3-14-28(15-4-1)39-42(44-35-21-11-10-20-34(35)43-39)46-36-22-12-9-19-31(36)32-24-25-33-38-30-18-8-7-13-27(30)23-26-37(38)45(41(33)40(32)46)29-16-5-2-6-17-29/h1-26H. The maximum atomic E-state index is 5.40. The molecule has 4 nitrogen and oxygen atoms in total. The molecule has 3 heterocycles. The van der Waals surface area contributed by atoms with Crippen LogP contribution in [-0.4, -0.2) is 19.1 Å². The molecule has 0 N–H and O–H groups in total. The first-order chi connectivity index (χ1) is 22.8. The summed E-state index contributed by atoms with van der Waals surface area (Å²) < 4.78 is 4.79. The number of fused-ring (bicyclic) bond motifs is 10. The van der Waals surface area contributed by atoms with Crippen LogP contribution in [0.5, 0.6) is 0 Å². The summed E-state index contributed by atoms with van der Waals surface area (Å²) >= 11 is 0. The van der Waals surface area contributed by atoms with Gasteiger partial charge in [0.25, 0.3) is 0 Å². The number of hydrogen-bond acceptors (Lipinski definition) is 2. The molecule has 7 aromatic carbocycles. The quantitative estimate of drug-likeness (QED) is 0.206. The first-order valence-corrected chi connectivity index (χ1v) is 15.6. The lowest BCUT2D eigenvalue weighted by molar-refractivity contribution is 1.08. The van der Waals surface area contributed by atoms with Crippen molar-refractivity contribution in [2.45, 2.75) is 0 Å². The maximum Gasteiger partial charge on any atom is 0.165 e. The molecule has 10 rings (SSSR count). The van der Waals surface area contributed by atoms with Gasteiger partial charge in [-0.25, -0.2) is 9.97 Å². The minimum absolute atomic E-state index is 0.818. The van der Waals surface area contributed by atoms with E-state index in [0.717, 1.165) is 50.3 Å². The van der Waals surface area contributed by atoms with Crippen molar-refractivity contribution in [1.29, 1.82) is 0 Å². The molecule has 0 aliphatic carbocycles. The van der Waals surface area contributed by atoms with E-state index < -0.39 is 0 Å². The Morgan fingerprint density at radius 3 is 1.85 bits per heavy atom. The van der Waals surface area contributed by atoms with Crippen molar-refractivity contribution in [2.24, 2.45) is 0 Å².